The standard InChI is InChI=1S/C14H20N2O3/c1-9(14(15)17)19-13-6-5-12(18-2)7-10(13)8-16-11-3-4-11/h5-7,9,11,16H,3-4,8H2,1-2H3,(H2,15,17). The van der Waals surface area contributed by atoms with Crippen molar-refractivity contribution in [3.05, 3.63) is 23.8 Å². The van der Waals surface area contributed by atoms with Crippen LogP contribution in [-0.2, 0) is 11.3 Å². The third-order valence-corrected chi connectivity index (χ3v) is 3.13. The maximum absolute atomic E-state index is 11.1. The third-order valence-electron chi connectivity index (χ3n) is 3.13. The van der Waals surface area contributed by atoms with E-state index in [4.69, 9.17) is 15.2 Å². The molecule has 3 N–H and O–H groups in total. The Labute approximate surface area is 113 Å². The number of primary amides is 1. The van der Waals surface area contributed by atoms with Gasteiger partial charge in [-0.3, -0.25) is 4.79 Å². The Morgan fingerprint density at radius 3 is 2.84 bits per heavy atom. The van der Waals surface area contributed by atoms with Crippen LogP contribution in [0.2, 0.25) is 0 Å². The lowest BCUT2D eigenvalue weighted by Gasteiger charge is -2.16. The normalized spacial score (nSPS) is 15.9. The first kappa shape index (κ1) is 13.7. The monoisotopic (exact) mass is 264 g/mol. The van der Waals surface area contributed by atoms with Gasteiger partial charge in [-0.05, 0) is 38.0 Å². The van der Waals surface area contributed by atoms with Crippen molar-refractivity contribution in [2.45, 2.75) is 38.5 Å². The number of hydrogen-bond donors (Lipinski definition) is 2. The minimum absolute atomic E-state index is 0.475. The van der Waals surface area contributed by atoms with Crippen LogP contribution in [0.1, 0.15) is 25.3 Å². The summed E-state index contributed by atoms with van der Waals surface area (Å²) >= 11 is 0. The second-order valence-electron chi connectivity index (χ2n) is 4.79. The number of nitrogens with one attached hydrogen (secondary N) is 1. The lowest BCUT2D eigenvalue weighted by atomic mass is 10.2. The third kappa shape index (κ3) is 3.86. The number of carbonyl (C=O) groups is 1. The minimum atomic E-state index is -0.645. The van der Waals surface area contributed by atoms with Crippen molar-refractivity contribution in [1.29, 1.82) is 0 Å². The van der Waals surface area contributed by atoms with Gasteiger partial charge in [0.25, 0.3) is 5.91 Å². The Balaban J connectivity index is 2.11. The van der Waals surface area contributed by atoms with Gasteiger partial charge in [0, 0.05) is 18.2 Å². The molecule has 0 saturated heterocycles. The van der Waals surface area contributed by atoms with E-state index in [1.54, 1.807) is 14.0 Å². The lowest BCUT2D eigenvalue weighted by molar-refractivity contribution is -0.124. The van der Waals surface area contributed by atoms with E-state index in [0.29, 0.717) is 18.3 Å². The van der Waals surface area contributed by atoms with E-state index in [0.717, 1.165) is 11.3 Å². The molecule has 1 amide bonds. The topological polar surface area (TPSA) is 73.6 Å². The highest BCUT2D eigenvalue weighted by Gasteiger charge is 2.21. The molecule has 19 heavy (non-hydrogen) atoms. The number of carbonyl (C=O) groups excluding carboxylic acids is 1. The Hall–Kier alpha value is -1.75. The van der Waals surface area contributed by atoms with E-state index in [9.17, 15) is 4.79 Å². The molecule has 0 spiro atoms. The molecule has 5 nitrogen and oxygen atoms in total. The predicted molar refractivity (Wildman–Crippen MR) is 72.1 cm³/mol. The molecule has 1 aliphatic carbocycles. The minimum Gasteiger partial charge on any atom is -0.497 e. The Kier molecular flexibility index (Phi) is 4.27. The molecule has 0 aliphatic heterocycles. The second-order valence-corrected chi connectivity index (χ2v) is 4.79. The van der Waals surface area contributed by atoms with Gasteiger partial charge in [0.15, 0.2) is 6.10 Å². The molecule has 1 fully saturated rings. The van der Waals surface area contributed by atoms with Gasteiger partial charge in [-0.2, -0.15) is 0 Å². The van der Waals surface area contributed by atoms with Gasteiger partial charge in [-0.1, -0.05) is 0 Å². The zero-order valence-corrected chi connectivity index (χ0v) is 11.3. The number of ether oxygens (including phenoxy) is 2. The van der Waals surface area contributed by atoms with E-state index in [1.807, 2.05) is 18.2 Å². The van der Waals surface area contributed by atoms with Crippen LogP contribution in [0.5, 0.6) is 11.5 Å². The molecule has 0 aromatic heterocycles. The van der Waals surface area contributed by atoms with Crippen molar-refractivity contribution in [2.24, 2.45) is 5.73 Å². The molecule has 1 aliphatic rings. The summed E-state index contributed by atoms with van der Waals surface area (Å²) < 4.78 is 10.8. The average molecular weight is 264 g/mol. The summed E-state index contributed by atoms with van der Waals surface area (Å²) in [5.74, 6) is 0.962. The highest BCUT2D eigenvalue weighted by Crippen LogP contribution is 2.27. The molecular formula is C14H20N2O3. The molecule has 1 aromatic carbocycles. The summed E-state index contributed by atoms with van der Waals surface area (Å²) in [6.45, 7) is 2.34. The van der Waals surface area contributed by atoms with Crippen molar-refractivity contribution >= 4 is 5.91 Å². The second kappa shape index (κ2) is 5.93. The summed E-state index contributed by atoms with van der Waals surface area (Å²) in [4.78, 5) is 11.1. The molecule has 0 radical (unpaired) electrons. The van der Waals surface area contributed by atoms with Crippen molar-refractivity contribution in [2.75, 3.05) is 7.11 Å². The summed E-state index contributed by atoms with van der Waals surface area (Å²) in [5.41, 5.74) is 6.19. The average Bonchev–Trinajstić information content (AvgIpc) is 3.21. The first-order valence-corrected chi connectivity index (χ1v) is 6.46. The van der Waals surface area contributed by atoms with Gasteiger partial charge < -0.3 is 20.5 Å². The number of amides is 1. The van der Waals surface area contributed by atoms with Crippen molar-refractivity contribution in [3.63, 3.8) is 0 Å². The van der Waals surface area contributed by atoms with Gasteiger partial charge in [-0.25, -0.2) is 0 Å². The molecular weight excluding hydrogens is 244 g/mol. The molecule has 2 rings (SSSR count). The van der Waals surface area contributed by atoms with E-state index in [2.05, 4.69) is 5.32 Å². The summed E-state index contributed by atoms with van der Waals surface area (Å²) in [6.07, 6.45) is 1.79. The van der Waals surface area contributed by atoms with Crippen LogP contribution in [0.25, 0.3) is 0 Å². The number of benzene rings is 1. The maximum atomic E-state index is 11.1. The number of nitrogens with two attached hydrogens (primary N) is 1. The van der Waals surface area contributed by atoms with Gasteiger partial charge in [0.2, 0.25) is 0 Å². The van der Waals surface area contributed by atoms with Crippen LogP contribution in [0.3, 0.4) is 0 Å². The van der Waals surface area contributed by atoms with E-state index in [-0.39, 0.29) is 0 Å². The fraction of sp³-hybridized carbons (Fsp3) is 0.500. The first-order valence-electron chi connectivity index (χ1n) is 6.46. The molecule has 1 saturated carbocycles. The van der Waals surface area contributed by atoms with Gasteiger partial charge in [0.05, 0.1) is 7.11 Å². The summed E-state index contributed by atoms with van der Waals surface area (Å²) in [6, 6.07) is 6.14. The van der Waals surface area contributed by atoms with Gasteiger partial charge in [0.1, 0.15) is 11.5 Å². The molecule has 1 aromatic rings. The van der Waals surface area contributed by atoms with E-state index >= 15 is 0 Å². The van der Waals surface area contributed by atoms with E-state index < -0.39 is 12.0 Å². The van der Waals surface area contributed by atoms with Crippen LogP contribution in [0, 0.1) is 0 Å². The van der Waals surface area contributed by atoms with Crippen molar-refractivity contribution in [3.8, 4) is 11.5 Å². The smallest absolute Gasteiger partial charge is 0.258 e. The van der Waals surface area contributed by atoms with E-state index in [1.165, 1.54) is 12.8 Å². The quantitative estimate of drug-likeness (QED) is 0.776. The molecule has 1 unspecified atom stereocenters. The molecule has 0 heterocycles. The fourth-order valence-electron chi connectivity index (χ4n) is 1.73. The van der Waals surface area contributed by atoms with Crippen LogP contribution in [-0.4, -0.2) is 25.2 Å². The molecule has 104 valence electrons. The zero-order chi connectivity index (χ0) is 13.8. The maximum Gasteiger partial charge on any atom is 0.258 e. The highest BCUT2D eigenvalue weighted by molar-refractivity contribution is 5.78. The van der Waals surface area contributed by atoms with Crippen molar-refractivity contribution < 1.29 is 14.3 Å². The summed E-state index contributed by atoms with van der Waals surface area (Å²) in [5, 5.41) is 3.42. The Morgan fingerprint density at radius 2 is 2.26 bits per heavy atom. The molecule has 1 atom stereocenters. The lowest BCUT2D eigenvalue weighted by Crippen LogP contribution is -2.31. The SMILES string of the molecule is COc1ccc(OC(C)C(N)=O)c(CNC2CC2)c1. The Bertz CT molecular complexity index is 458. The predicted octanol–water partition coefficient (Wildman–Crippen LogP) is 1.20. The largest absolute Gasteiger partial charge is 0.497 e. The van der Waals surface area contributed by atoms with Crippen LogP contribution in [0.15, 0.2) is 18.2 Å². The number of hydrogen-bond acceptors (Lipinski definition) is 4. The number of methoxy groups -OCH3 is 1. The highest BCUT2D eigenvalue weighted by atomic mass is 16.5. The van der Waals surface area contributed by atoms with Crippen LogP contribution < -0.4 is 20.5 Å². The molecule has 0 bridgehead atoms. The molecule has 5 heteroatoms. The first-order chi connectivity index (χ1) is 9.10. The summed E-state index contributed by atoms with van der Waals surface area (Å²) in [7, 11) is 1.62. The zero-order valence-electron chi connectivity index (χ0n) is 11.3. The van der Waals surface area contributed by atoms with Crippen molar-refractivity contribution in [1.82, 2.24) is 5.32 Å². The Morgan fingerprint density at radius 1 is 1.53 bits per heavy atom. The fourth-order valence-corrected chi connectivity index (χ4v) is 1.73. The van der Waals surface area contributed by atoms with Crippen LogP contribution in [0.4, 0.5) is 0 Å². The van der Waals surface area contributed by atoms with Gasteiger partial charge in [-0.15, -0.1) is 0 Å². The van der Waals surface area contributed by atoms with Gasteiger partial charge >= 0.3 is 0 Å². The number of rotatable bonds is 7. The van der Waals surface area contributed by atoms with Crippen LogP contribution >= 0.6 is 0 Å².